The Kier molecular flexibility index (Phi) is 4.19. The fraction of sp³-hybridized carbons (Fsp3) is 0.462. The number of hydrogen-bond donors (Lipinski definition) is 2. The molecule has 18 heavy (non-hydrogen) atoms. The van der Waals surface area contributed by atoms with Crippen LogP contribution in [0.25, 0.3) is 0 Å². The van der Waals surface area contributed by atoms with Gasteiger partial charge in [0.05, 0.1) is 10.6 Å². The van der Waals surface area contributed by atoms with Gasteiger partial charge in [-0.05, 0) is 37.8 Å². The molecule has 0 aromatic heterocycles. The lowest BCUT2D eigenvalue weighted by Gasteiger charge is -2.26. The van der Waals surface area contributed by atoms with Gasteiger partial charge in [0.1, 0.15) is 0 Å². The molecule has 1 fully saturated rings. The molecule has 0 saturated heterocycles. The fourth-order valence-electron chi connectivity index (χ4n) is 2.21. The molecule has 0 bridgehead atoms. The number of carbonyl (C=O) groups is 1. The van der Waals surface area contributed by atoms with Crippen LogP contribution in [0.4, 0.5) is 4.39 Å². The molecular formula is C13H16ClFN2O. The molecule has 1 saturated carbocycles. The molecular weight excluding hydrogens is 255 g/mol. The second-order valence-electron chi connectivity index (χ2n) is 4.69. The van der Waals surface area contributed by atoms with E-state index in [-0.39, 0.29) is 22.7 Å². The fourth-order valence-corrected chi connectivity index (χ4v) is 2.38. The minimum absolute atomic E-state index is 0.00243. The van der Waals surface area contributed by atoms with E-state index in [1.54, 1.807) is 6.07 Å². The summed E-state index contributed by atoms with van der Waals surface area (Å²) in [6.45, 7) is 0. The van der Waals surface area contributed by atoms with E-state index in [4.69, 9.17) is 17.3 Å². The second kappa shape index (κ2) is 5.67. The Bertz CT molecular complexity index is 445. The smallest absolute Gasteiger partial charge is 0.254 e. The Morgan fingerprint density at radius 2 is 2.00 bits per heavy atom. The van der Waals surface area contributed by atoms with Gasteiger partial charge in [0, 0.05) is 12.1 Å². The van der Waals surface area contributed by atoms with E-state index in [9.17, 15) is 9.18 Å². The van der Waals surface area contributed by atoms with Crippen molar-refractivity contribution >= 4 is 17.5 Å². The Morgan fingerprint density at radius 3 is 2.67 bits per heavy atom. The van der Waals surface area contributed by atoms with Crippen molar-refractivity contribution < 1.29 is 9.18 Å². The van der Waals surface area contributed by atoms with Crippen LogP contribution in [0, 0.1) is 5.82 Å². The van der Waals surface area contributed by atoms with Crippen LogP contribution in [0.2, 0.25) is 5.02 Å². The lowest BCUT2D eigenvalue weighted by atomic mass is 9.91. The normalized spacial score (nSPS) is 23.7. The number of hydrogen-bond acceptors (Lipinski definition) is 2. The van der Waals surface area contributed by atoms with Gasteiger partial charge in [-0.1, -0.05) is 17.7 Å². The highest BCUT2D eigenvalue weighted by atomic mass is 35.5. The van der Waals surface area contributed by atoms with E-state index in [1.807, 2.05) is 0 Å². The molecule has 1 amide bonds. The minimum atomic E-state index is -0.663. The molecule has 0 atom stereocenters. The summed E-state index contributed by atoms with van der Waals surface area (Å²) in [5.41, 5.74) is 5.79. The summed E-state index contributed by atoms with van der Waals surface area (Å²) >= 11 is 5.65. The van der Waals surface area contributed by atoms with Crippen LogP contribution >= 0.6 is 11.6 Å². The van der Waals surface area contributed by atoms with Gasteiger partial charge in [-0.25, -0.2) is 4.39 Å². The molecule has 1 aromatic carbocycles. The monoisotopic (exact) mass is 270 g/mol. The molecule has 0 spiro atoms. The molecule has 0 heterocycles. The molecule has 1 aromatic rings. The Hall–Kier alpha value is -1.13. The van der Waals surface area contributed by atoms with E-state index in [0.717, 1.165) is 25.7 Å². The largest absolute Gasteiger partial charge is 0.349 e. The van der Waals surface area contributed by atoms with Crippen molar-refractivity contribution in [2.75, 3.05) is 0 Å². The van der Waals surface area contributed by atoms with Gasteiger partial charge in [-0.2, -0.15) is 0 Å². The number of rotatable bonds is 2. The van der Waals surface area contributed by atoms with Crippen LogP contribution in [0.3, 0.4) is 0 Å². The average Bonchev–Trinajstić information content (AvgIpc) is 2.35. The Labute approximate surface area is 111 Å². The highest BCUT2D eigenvalue weighted by molar-refractivity contribution is 6.31. The predicted octanol–water partition coefficient (Wildman–Crippen LogP) is 2.48. The van der Waals surface area contributed by atoms with Gasteiger partial charge in [-0.3, -0.25) is 4.79 Å². The van der Waals surface area contributed by atoms with Gasteiger partial charge in [-0.15, -0.1) is 0 Å². The molecule has 1 aliphatic carbocycles. The summed E-state index contributed by atoms with van der Waals surface area (Å²) in [6, 6.07) is 4.73. The van der Waals surface area contributed by atoms with Gasteiger partial charge in [0.25, 0.3) is 5.91 Å². The molecule has 3 nitrogen and oxygen atoms in total. The molecule has 0 aliphatic heterocycles. The first-order valence-electron chi connectivity index (χ1n) is 6.08. The van der Waals surface area contributed by atoms with E-state index in [0.29, 0.717) is 0 Å². The van der Waals surface area contributed by atoms with Crippen LogP contribution in [0.1, 0.15) is 36.0 Å². The Morgan fingerprint density at radius 1 is 1.33 bits per heavy atom. The van der Waals surface area contributed by atoms with E-state index in [2.05, 4.69) is 5.32 Å². The quantitative estimate of drug-likeness (QED) is 0.867. The van der Waals surface area contributed by atoms with Gasteiger partial charge >= 0.3 is 0 Å². The first-order chi connectivity index (χ1) is 8.58. The van der Waals surface area contributed by atoms with E-state index >= 15 is 0 Å². The van der Waals surface area contributed by atoms with Crippen molar-refractivity contribution in [1.82, 2.24) is 5.32 Å². The number of carbonyl (C=O) groups excluding carboxylic acids is 1. The van der Waals surface area contributed by atoms with E-state index < -0.39 is 11.7 Å². The Balaban J connectivity index is 2.01. The summed E-state index contributed by atoms with van der Waals surface area (Å²) in [4.78, 5) is 11.9. The van der Waals surface area contributed by atoms with Crippen LogP contribution in [0.15, 0.2) is 18.2 Å². The standard InChI is InChI=1S/C13H16ClFN2O/c14-11-3-1-2-10(12(11)15)13(18)17-9-6-4-8(16)5-7-9/h1-3,8-9H,4-7,16H2,(H,17,18). The lowest BCUT2D eigenvalue weighted by Crippen LogP contribution is -2.40. The van der Waals surface area contributed by atoms with Crippen LogP contribution in [-0.4, -0.2) is 18.0 Å². The number of amides is 1. The summed E-state index contributed by atoms with van der Waals surface area (Å²) in [6.07, 6.45) is 3.47. The van der Waals surface area contributed by atoms with Crippen molar-refractivity contribution in [2.45, 2.75) is 37.8 Å². The zero-order valence-electron chi connectivity index (χ0n) is 9.96. The maximum atomic E-state index is 13.7. The first kappa shape index (κ1) is 13.3. The number of benzene rings is 1. The summed E-state index contributed by atoms with van der Waals surface area (Å²) in [5.74, 6) is -1.07. The SMILES string of the molecule is NC1CCC(NC(=O)c2cccc(Cl)c2F)CC1. The molecule has 1 aliphatic rings. The molecule has 3 N–H and O–H groups in total. The first-order valence-corrected chi connectivity index (χ1v) is 6.46. The maximum Gasteiger partial charge on any atom is 0.254 e. The van der Waals surface area contributed by atoms with Crippen molar-refractivity contribution in [1.29, 1.82) is 0 Å². The molecule has 5 heteroatoms. The third-order valence-corrected chi connectivity index (χ3v) is 3.60. The second-order valence-corrected chi connectivity index (χ2v) is 5.09. The van der Waals surface area contributed by atoms with Gasteiger partial charge in [0.2, 0.25) is 0 Å². The zero-order chi connectivity index (χ0) is 13.1. The lowest BCUT2D eigenvalue weighted by molar-refractivity contribution is 0.0922. The van der Waals surface area contributed by atoms with Crippen LogP contribution in [0.5, 0.6) is 0 Å². The van der Waals surface area contributed by atoms with Crippen molar-refractivity contribution in [3.63, 3.8) is 0 Å². The third kappa shape index (κ3) is 3.00. The summed E-state index contributed by atoms with van der Waals surface area (Å²) in [5, 5.41) is 2.80. The van der Waals surface area contributed by atoms with Gasteiger partial charge in [0.15, 0.2) is 5.82 Å². The molecule has 0 radical (unpaired) electrons. The highest BCUT2D eigenvalue weighted by Gasteiger charge is 2.22. The number of nitrogens with two attached hydrogens (primary N) is 1. The minimum Gasteiger partial charge on any atom is -0.349 e. The van der Waals surface area contributed by atoms with Crippen LogP contribution < -0.4 is 11.1 Å². The van der Waals surface area contributed by atoms with Gasteiger partial charge < -0.3 is 11.1 Å². The molecule has 0 unspecified atom stereocenters. The third-order valence-electron chi connectivity index (χ3n) is 3.30. The summed E-state index contributed by atoms with van der Waals surface area (Å²) in [7, 11) is 0. The van der Waals surface area contributed by atoms with Crippen molar-refractivity contribution in [3.8, 4) is 0 Å². The summed E-state index contributed by atoms with van der Waals surface area (Å²) < 4.78 is 13.7. The van der Waals surface area contributed by atoms with Crippen molar-refractivity contribution in [3.05, 3.63) is 34.6 Å². The number of nitrogens with one attached hydrogen (secondary N) is 1. The number of halogens is 2. The molecule has 2 rings (SSSR count). The predicted molar refractivity (Wildman–Crippen MR) is 69.1 cm³/mol. The zero-order valence-corrected chi connectivity index (χ0v) is 10.7. The average molecular weight is 271 g/mol. The van der Waals surface area contributed by atoms with Crippen LogP contribution in [-0.2, 0) is 0 Å². The highest BCUT2D eigenvalue weighted by Crippen LogP contribution is 2.20. The maximum absolute atomic E-state index is 13.7. The topological polar surface area (TPSA) is 55.1 Å². The van der Waals surface area contributed by atoms with E-state index in [1.165, 1.54) is 12.1 Å². The molecule has 98 valence electrons. The van der Waals surface area contributed by atoms with Crippen molar-refractivity contribution in [2.24, 2.45) is 5.73 Å².